The number of nitrogens with zero attached hydrogens (tertiary/aromatic N) is 5. The Balaban J connectivity index is 1.27. The molecule has 0 saturated heterocycles. The molecular formula is C22H16N6O2S. The molecule has 5 aromatic rings. The van der Waals surface area contributed by atoms with E-state index in [4.69, 9.17) is 4.42 Å². The lowest BCUT2D eigenvalue weighted by atomic mass is 10.1. The SMILES string of the molecule is O=C(Cc1nnc(Cc2nc3ccc(-c4ccccc4)cc3s2)o1)Nc1ccncn1. The molecular weight excluding hydrogens is 412 g/mol. The lowest BCUT2D eigenvalue weighted by Gasteiger charge is -2.00. The Morgan fingerprint density at radius 3 is 2.71 bits per heavy atom. The van der Waals surface area contributed by atoms with Crippen LogP contribution in [-0.4, -0.2) is 31.1 Å². The monoisotopic (exact) mass is 428 g/mol. The third kappa shape index (κ3) is 4.46. The zero-order chi connectivity index (χ0) is 21.0. The molecule has 31 heavy (non-hydrogen) atoms. The summed E-state index contributed by atoms with van der Waals surface area (Å²) in [6.07, 6.45) is 3.30. The number of thiazole rings is 1. The summed E-state index contributed by atoms with van der Waals surface area (Å²) in [5, 5.41) is 11.6. The molecule has 1 N–H and O–H groups in total. The van der Waals surface area contributed by atoms with Gasteiger partial charge < -0.3 is 9.73 Å². The Labute approximate surface area is 181 Å². The summed E-state index contributed by atoms with van der Waals surface area (Å²) in [6, 6.07) is 18.1. The van der Waals surface area contributed by atoms with Crippen molar-refractivity contribution < 1.29 is 9.21 Å². The fourth-order valence-electron chi connectivity index (χ4n) is 3.11. The van der Waals surface area contributed by atoms with Crippen LogP contribution in [0.5, 0.6) is 0 Å². The topological polar surface area (TPSA) is 107 Å². The van der Waals surface area contributed by atoms with Crippen LogP contribution in [0.2, 0.25) is 0 Å². The van der Waals surface area contributed by atoms with Crippen LogP contribution in [0.15, 0.2) is 71.5 Å². The third-order valence-electron chi connectivity index (χ3n) is 4.51. The van der Waals surface area contributed by atoms with E-state index in [0.717, 1.165) is 20.8 Å². The molecule has 0 aliphatic rings. The molecule has 3 aromatic heterocycles. The molecule has 0 aliphatic carbocycles. The summed E-state index contributed by atoms with van der Waals surface area (Å²) in [6.45, 7) is 0. The summed E-state index contributed by atoms with van der Waals surface area (Å²) in [4.78, 5) is 24.5. The molecule has 0 aliphatic heterocycles. The lowest BCUT2D eigenvalue weighted by molar-refractivity contribution is -0.115. The van der Waals surface area contributed by atoms with E-state index >= 15 is 0 Å². The molecule has 0 radical (unpaired) electrons. The maximum absolute atomic E-state index is 12.1. The number of hydrogen-bond acceptors (Lipinski definition) is 8. The molecule has 0 fully saturated rings. The van der Waals surface area contributed by atoms with Crippen molar-refractivity contribution in [3.05, 3.63) is 83.9 Å². The number of carbonyl (C=O) groups excluding carboxylic acids is 1. The van der Waals surface area contributed by atoms with Crippen LogP contribution in [0.1, 0.15) is 16.8 Å². The standard InChI is InChI=1S/C22H16N6O2S/c29-19(26-18-8-9-23-13-24-18)11-20-27-28-21(30-20)12-22-25-16-7-6-15(10-17(16)31-22)14-4-2-1-3-5-14/h1-10,13H,11-12H2,(H,23,24,26,29). The van der Waals surface area contributed by atoms with Crippen LogP contribution in [0.25, 0.3) is 21.3 Å². The van der Waals surface area contributed by atoms with Gasteiger partial charge in [-0.3, -0.25) is 4.79 Å². The summed E-state index contributed by atoms with van der Waals surface area (Å²) >= 11 is 1.59. The molecule has 3 heterocycles. The van der Waals surface area contributed by atoms with Gasteiger partial charge >= 0.3 is 0 Å². The highest BCUT2D eigenvalue weighted by molar-refractivity contribution is 7.18. The van der Waals surface area contributed by atoms with E-state index in [9.17, 15) is 4.79 Å². The Morgan fingerprint density at radius 1 is 1.00 bits per heavy atom. The van der Waals surface area contributed by atoms with Gasteiger partial charge in [0.15, 0.2) is 0 Å². The Bertz CT molecular complexity index is 1330. The minimum atomic E-state index is -0.290. The molecule has 0 bridgehead atoms. The first-order chi connectivity index (χ1) is 15.2. The highest BCUT2D eigenvalue weighted by Gasteiger charge is 2.14. The lowest BCUT2D eigenvalue weighted by Crippen LogP contribution is -2.15. The number of rotatable bonds is 6. The second-order valence-electron chi connectivity index (χ2n) is 6.74. The predicted molar refractivity (Wildman–Crippen MR) is 117 cm³/mol. The predicted octanol–water partition coefficient (Wildman–Crippen LogP) is 3.91. The molecule has 9 heteroatoms. The van der Waals surface area contributed by atoms with Crippen LogP contribution < -0.4 is 5.32 Å². The number of anilines is 1. The van der Waals surface area contributed by atoms with Crippen LogP contribution in [0.4, 0.5) is 5.82 Å². The van der Waals surface area contributed by atoms with Crippen molar-refractivity contribution in [1.82, 2.24) is 25.1 Å². The molecule has 0 saturated carbocycles. The largest absolute Gasteiger partial charge is 0.424 e. The van der Waals surface area contributed by atoms with Crippen LogP contribution in [-0.2, 0) is 17.6 Å². The fraction of sp³-hybridized carbons (Fsp3) is 0.0909. The number of carbonyl (C=O) groups is 1. The number of nitrogens with one attached hydrogen (secondary N) is 1. The molecule has 8 nitrogen and oxygen atoms in total. The van der Waals surface area contributed by atoms with Gasteiger partial charge in [-0.25, -0.2) is 15.0 Å². The molecule has 0 spiro atoms. The zero-order valence-corrected chi connectivity index (χ0v) is 17.0. The van der Waals surface area contributed by atoms with Gasteiger partial charge in [0, 0.05) is 6.20 Å². The molecule has 0 unspecified atom stereocenters. The average molecular weight is 428 g/mol. The average Bonchev–Trinajstić information content (AvgIpc) is 3.40. The van der Waals surface area contributed by atoms with E-state index in [0.29, 0.717) is 18.1 Å². The van der Waals surface area contributed by atoms with Gasteiger partial charge in [-0.05, 0) is 29.3 Å². The number of aromatic nitrogens is 5. The van der Waals surface area contributed by atoms with E-state index in [1.807, 2.05) is 24.3 Å². The van der Waals surface area contributed by atoms with E-state index in [1.54, 1.807) is 23.6 Å². The minimum absolute atomic E-state index is 0.0305. The molecule has 1 amide bonds. The van der Waals surface area contributed by atoms with Gasteiger partial charge in [0.05, 0.1) is 16.6 Å². The summed E-state index contributed by atoms with van der Waals surface area (Å²) < 4.78 is 6.73. The molecule has 152 valence electrons. The van der Waals surface area contributed by atoms with E-state index in [2.05, 4.69) is 54.7 Å². The summed E-state index contributed by atoms with van der Waals surface area (Å²) in [7, 11) is 0. The van der Waals surface area contributed by atoms with Crippen molar-refractivity contribution in [1.29, 1.82) is 0 Å². The van der Waals surface area contributed by atoms with Crippen molar-refractivity contribution in [2.75, 3.05) is 5.32 Å². The highest BCUT2D eigenvalue weighted by atomic mass is 32.1. The summed E-state index contributed by atoms with van der Waals surface area (Å²) in [5.74, 6) is 0.799. The van der Waals surface area contributed by atoms with Crippen molar-refractivity contribution in [3.63, 3.8) is 0 Å². The van der Waals surface area contributed by atoms with Gasteiger partial charge in [-0.1, -0.05) is 36.4 Å². The van der Waals surface area contributed by atoms with E-state index in [-0.39, 0.29) is 18.2 Å². The second kappa shape index (κ2) is 8.41. The fourth-order valence-corrected chi connectivity index (χ4v) is 4.11. The van der Waals surface area contributed by atoms with Crippen LogP contribution in [0.3, 0.4) is 0 Å². The Kier molecular flexibility index (Phi) is 5.16. The highest BCUT2D eigenvalue weighted by Crippen LogP contribution is 2.29. The smallest absolute Gasteiger partial charge is 0.234 e. The first-order valence-corrected chi connectivity index (χ1v) is 10.4. The number of hydrogen-bond donors (Lipinski definition) is 1. The van der Waals surface area contributed by atoms with E-state index in [1.165, 1.54) is 11.9 Å². The van der Waals surface area contributed by atoms with Crippen LogP contribution in [0, 0.1) is 0 Å². The maximum Gasteiger partial charge on any atom is 0.234 e. The Morgan fingerprint density at radius 2 is 1.87 bits per heavy atom. The van der Waals surface area contributed by atoms with Crippen molar-refractivity contribution in [3.8, 4) is 11.1 Å². The van der Waals surface area contributed by atoms with Gasteiger partial charge in [0.2, 0.25) is 17.7 Å². The normalized spacial score (nSPS) is 11.0. The van der Waals surface area contributed by atoms with Gasteiger partial charge in [-0.2, -0.15) is 0 Å². The number of amides is 1. The minimum Gasteiger partial charge on any atom is -0.424 e. The molecule has 0 atom stereocenters. The maximum atomic E-state index is 12.1. The van der Waals surface area contributed by atoms with Crippen molar-refractivity contribution >= 4 is 33.3 Å². The van der Waals surface area contributed by atoms with Gasteiger partial charge in [-0.15, -0.1) is 21.5 Å². The van der Waals surface area contributed by atoms with Crippen molar-refractivity contribution in [2.24, 2.45) is 0 Å². The number of fused-ring (bicyclic) bond motifs is 1. The molecule has 5 rings (SSSR count). The van der Waals surface area contributed by atoms with Crippen LogP contribution >= 0.6 is 11.3 Å². The third-order valence-corrected chi connectivity index (χ3v) is 5.53. The van der Waals surface area contributed by atoms with Gasteiger partial charge in [0.1, 0.15) is 23.6 Å². The Hall–Kier alpha value is -3.98. The summed E-state index contributed by atoms with van der Waals surface area (Å²) in [5.41, 5.74) is 3.25. The van der Waals surface area contributed by atoms with Gasteiger partial charge in [0.25, 0.3) is 0 Å². The van der Waals surface area contributed by atoms with Crippen molar-refractivity contribution in [2.45, 2.75) is 12.8 Å². The number of benzene rings is 2. The zero-order valence-electron chi connectivity index (χ0n) is 16.2. The second-order valence-corrected chi connectivity index (χ2v) is 7.86. The first-order valence-electron chi connectivity index (χ1n) is 9.55. The molecule has 2 aromatic carbocycles. The quantitative estimate of drug-likeness (QED) is 0.437. The first kappa shape index (κ1) is 19.0. The van der Waals surface area contributed by atoms with E-state index < -0.39 is 0 Å².